The molecule has 11 heteroatoms. The standard InChI is InChI=1S/C18H23N3O6S2/c1-26-13-5-4-11-14(15(13)27-2)17(23)21-12(10-28-18(11)21)16(22)19-6-8-20(9-7-19)29(3,24)25/h4-5,12,18H,6-10H2,1-3H3/t12-,18-/m0/s1. The number of carbonyl (C=O) groups excluding carboxylic acids is 2. The molecule has 158 valence electrons. The molecule has 0 spiro atoms. The molecule has 2 saturated heterocycles. The Morgan fingerprint density at radius 2 is 1.83 bits per heavy atom. The lowest BCUT2D eigenvalue weighted by Gasteiger charge is -2.36. The van der Waals surface area contributed by atoms with E-state index in [2.05, 4.69) is 0 Å². The van der Waals surface area contributed by atoms with Crippen LogP contribution in [0.4, 0.5) is 0 Å². The van der Waals surface area contributed by atoms with E-state index in [-0.39, 0.29) is 30.3 Å². The number of thioether (sulfide) groups is 1. The zero-order valence-corrected chi connectivity index (χ0v) is 18.1. The molecule has 0 N–H and O–H groups in total. The summed E-state index contributed by atoms with van der Waals surface area (Å²) in [7, 11) is -0.259. The van der Waals surface area contributed by atoms with Gasteiger partial charge in [-0.2, -0.15) is 4.31 Å². The molecular formula is C18H23N3O6S2. The lowest BCUT2D eigenvalue weighted by atomic mass is 10.1. The van der Waals surface area contributed by atoms with E-state index in [0.29, 0.717) is 35.9 Å². The maximum absolute atomic E-state index is 13.2. The van der Waals surface area contributed by atoms with Gasteiger partial charge >= 0.3 is 0 Å². The summed E-state index contributed by atoms with van der Waals surface area (Å²) in [5.74, 6) is 0.998. The molecule has 0 unspecified atom stereocenters. The van der Waals surface area contributed by atoms with E-state index in [1.165, 1.54) is 24.8 Å². The molecule has 0 aliphatic carbocycles. The molecule has 0 saturated carbocycles. The maximum Gasteiger partial charge on any atom is 0.260 e. The number of methoxy groups -OCH3 is 2. The average molecular weight is 442 g/mol. The van der Waals surface area contributed by atoms with Crippen molar-refractivity contribution >= 4 is 33.6 Å². The van der Waals surface area contributed by atoms with Gasteiger partial charge in [-0.15, -0.1) is 11.8 Å². The number of nitrogens with zero attached hydrogens (tertiary/aromatic N) is 3. The van der Waals surface area contributed by atoms with Gasteiger partial charge in [0.15, 0.2) is 11.5 Å². The molecular weight excluding hydrogens is 418 g/mol. The van der Waals surface area contributed by atoms with Crippen molar-refractivity contribution in [3.05, 3.63) is 23.3 Å². The van der Waals surface area contributed by atoms with Gasteiger partial charge in [-0.3, -0.25) is 9.59 Å². The van der Waals surface area contributed by atoms with E-state index in [1.54, 1.807) is 27.6 Å². The highest BCUT2D eigenvalue weighted by molar-refractivity contribution is 7.99. The third-order valence-corrected chi connectivity index (χ3v) is 8.21. The van der Waals surface area contributed by atoms with Crippen molar-refractivity contribution in [2.24, 2.45) is 0 Å². The minimum Gasteiger partial charge on any atom is -0.493 e. The molecule has 3 aliphatic heterocycles. The zero-order chi connectivity index (χ0) is 20.9. The molecule has 1 aromatic carbocycles. The first-order chi connectivity index (χ1) is 13.8. The highest BCUT2D eigenvalue weighted by Crippen LogP contribution is 2.52. The third kappa shape index (κ3) is 3.24. The number of ether oxygens (including phenoxy) is 2. The van der Waals surface area contributed by atoms with Gasteiger partial charge in [-0.1, -0.05) is 6.07 Å². The summed E-state index contributed by atoms with van der Waals surface area (Å²) in [5.41, 5.74) is 1.28. The Morgan fingerprint density at radius 3 is 2.41 bits per heavy atom. The number of hydrogen-bond donors (Lipinski definition) is 0. The molecule has 2 amide bonds. The van der Waals surface area contributed by atoms with E-state index in [4.69, 9.17) is 9.47 Å². The van der Waals surface area contributed by atoms with Gasteiger partial charge in [-0.25, -0.2) is 8.42 Å². The maximum atomic E-state index is 13.2. The van der Waals surface area contributed by atoms with Gasteiger partial charge in [0.25, 0.3) is 5.91 Å². The summed E-state index contributed by atoms with van der Waals surface area (Å²) < 4.78 is 35.5. The quantitative estimate of drug-likeness (QED) is 0.666. The molecule has 0 bridgehead atoms. The van der Waals surface area contributed by atoms with Crippen molar-refractivity contribution in [2.45, 2.75) is 11.4 Å². The number of rotatable bonds is 4. The average Bonchev–Trinajstić information content (AvgIpc) is 3.26. The van der Waals surface area contributed by atoms with Crippen molar-refractivity contribution in [3.63, 3.8) is 0 Å². The van der Waals surface area contributed by atoms with Crippen molar-refractivity contribution in [3.8, 4) is 11.5 Å². The summed E-state index contributed by atoms with van der Waals surface area (Å²) in [6, 6.07) is 3.05. The van der Waals surface area contributed by atoms with Crippen molar-refractivity contribution in [2.75, 3.05) is 52.4 Å². The molecule has 0 aromatic heterocycles. The highest BCUT2D eigenvalue weighted by Gasteiger charge is 2.51. The fourth-order valence-corrected chi connectivity index (χ4v) is 6.41. The normalized spacial score (nSPS) is 24.4. The van der Waals surface area contributed by atoms with Crippen LogP contribution in [0.1, 0.15) is 21.3 Å². The summed E-state index contributed by atoms with van der Waals surface area (Å²) in [6.45, 7) is 1.19. The SMILES string of the molecule is COc1ccc2c(c1OC)C(=O)N1[C@H](C(=O)N3CCN(S(C)(=O)=O)CC3)CS[C@@H]21. The number of piperazine rings is 1. The number of benzene rings is 1. The van der Waals surface area contributed by atoms with Crippen molar-refractivity contribution in [1.29, 1.82) is 0 Å². The largest absolute Gasteiger partial charge is 0.493 e. The second-order valence-electron chi connectivity index (χ2n) is 7.17. The third-order valence-electron chi connectivity index (χ3n) is 5.60. The van der Waals surface area contributed by atoms with E-state index >= 15 is 0 Å². The van der Waals surface area contributed by atoms with Crippen LogP contribution >= 0.6 is 11.8 Å². The van der Waals surface area contributed by atoms with E-state index < -0.39 is 16.1 Å². The Bertz CT molecular complexity index is 959. The number of carbonyl (C=O) groups is 2. The Morgan fingerprint density at radius 1 is 1.14 bits per heavy atom. The monoisotopic (exact) mass is 441 g/mol. The van der Waals surface area contributed by atoms with E-state index in [0.717, 1.165) is 5.56 Å². The van der Waals surface area contributed by atoms with E-state index in [1.807, 2.05) is 6.07 Å². The van der Waals surface area contributed by atoms with E-state index in [9.17, 15) is 18.0 Å². The van der Waals surface area contributed by atoms with Crippen LogP contribution in [-0.4, -0.2) is 92.8 Å². The van der Waals surface area contributed by atoms with Crippen LogP contribution in [0.3, 0.4) is 0 Å². The lowest BCUT2D eigenvalue weighted by molar-refractivity contribution is -0.136. The second kappa shape index (κ2) is 7.37. The van der Waals surface area contributed by atoms with Crippen LogP contribution in [-0.2, 0) is 14.8 Å². The molecule has 9 nitrogen and oxygen atoms in total. The summed E-state index contributed by atoms with van der Waals surface area (Å²) in [4.78, 5) is 29.7. The molecule has 2 atom stereocenters. The van der Waals surface area contributed by atoms with Gasteiger partial charge in [0.2, 0.25) is 15.9 Å². The molecule has 0 radical (unpaired) electrons. The first kappa shape index (κ1) is 20.3. The predicted octanol–water partition coefficient (Wildman–Crippen LogP) is 0.377. The van der Waals surface area contributed by atoms with Crippen LogP contribution in [0.25, 0.3) is 0 Å². The predicted molar refractivity (Wildman–Crippen MR) is 108 cm³/mol. The van der Waals surface area contributed by atoms with Gasteiger partial charge in [-0.05, 0) is 6.07 Å². The summed E-state index contributed by atoms with van der Waals surface area (Å²) in [6.07, 6.45) is 1.17. The van der Waals surface area contributed by atoms with Crippen LogP contribution in [0, 0.1) is 0 Å². The first-order valence-electron chi connectivity index (χ1n) is 9.21. The van der Waals surface area contributed by atoms with Crippen molar-refractivity contribution < 1.29 is 27.5 Å². The Balaban J connectivity index is 1.55. The van der Waals surface area contributed by atoms with Crippen molar-refractivity contribution in [1.82, 2.24) is 14.1 Å². The highest BCUT2D eigenvalue weighted by atomic mass is 32.2. The molecule has 3 heterocycles. The molecule has 1 aromatic rings. The van der Waals surface area contributed by atoms with Gasteiger partial charge in [0.1, 0.15) is 11.4 Å². The summed E-state index contributed by atoms with van der Waals surface area (Å²) in [5, 5.41) is -0.233. The van der Waals surface area contributed by atoms with Crippen LogP contribution in [0.5, 0.6) is 11.5 Å². The van der Waals surface area contributed by atoms with Gasteiger partial charge < -0.3 is 19.3 Å². The molecule has 2 fully saturated rings. The fourth-order valence-electron chi connectivity index (χ4n) is 4.13. The smallest absolute Gasteiger partial charge is 0.260 e. The Kier molecular flexibility index (Phi) is 5.16. The molecule has 4 rings (SSSR count). The Labute approximate surface area is 174 Å². The minimum atomic E-state index is -3.27. The van der Waals surface area contributed by atoms with Gasteiger partial charge in [0.05, 0.1) is 26.0 Å². The van der Waals surface area contributed by atoms with Crippen LogP contribution in [0.2, 0.25) is 0 Å². The minimum absolute atomic E-state index is 0.139. The fraction of sp³-hybridized carbons (Fsp3) is 0.556. The number of amides is 2. The number of fused-ring (bicyclic) bond motifs is 3. The number of sulfonamides is 1. The zero-order valence-electron chi connectivity index (χ0n) is 16.5. The molecule has 3 aliphatic rings. The second-order valence-corrected chi connectivity index (χ2v) is 10.3. The topological polar surface area (TPSA) is 96.5 Å². The van der Waals surface area contributed by atoms with Crippen LogP contribution in [0.15, 0.2) is 12.1 Å². The summed E-state index contributed by atoms with van der Waals surface area (Å²) >= 11 is 1.55. The van der Waals surface area contributed by atoms with Crippen LogP contribution < -0.4 is 9.47 Å². The number of hydrogen-bond acceptors (Lipinski definition) is 7. The van der Waals surface area contributed by atoms with Gasteiger partial charge in [0, 0.05) is 37.5 Å². The Hall–Kier alpha value is -1.98. The molecule has 29 heavy (non-hydrogen) atoms. The lowest BCUT2D eigenvalue weighted by Crippen LogP contribution is -2.55. The first-order valence-corrected chi connectivity index (χ1v) is 12.1.